The van der Waals surface area contributed by atoms with E-state index in [0.29, 0.717) is 23.9 Å². The number of rotatable bonds is 11. The lowest BCUT2D eigenvalue weighted by atomic mass is 9.88. The topological polar surface area (TPSA) is 108 Å². The molecule has 10 heteroatoms. The average molecular weight is 550 g/mol. The van der Waals surface area contributed by atoms with Crippen molar-refractivity contribution in [3.63, 3.8) is 0 Å². The Morgan fingerprint density at radius 2 is 1.54 bits per heavy atom. The molecule has 0 aliphatic carbocycles. The molecule has 3 N–H and O–H groups in total. The zero-order valence-corrected chi connectivity index (χ0v) is 21.4. The van der Waals surface area contributed by atoms with E-state index in [1.54, 1.807) is 24.3 Å². The highest BCUT2D eigenvalue weighted by molar-refractivity contribution is 7.92. The highest BCUT2D eigenvalue weighted by Gasteiger charge is 2.21. The first-order valence-corrected chi connectivity index (χ1v) is 13.4. The van der Waals surface area contributed by atoms with Crippen LogP contribution in [0.15, 0.2) is 107 Å². The first-order valence-electron chi connectivity index (χ1n) is 11.9. The minimum atomic E-state index is -4.02. The summed E-state index contributed by atoms with van der Waals surface area (Å²) < 4.78 is 56.4. The minimum Gasteiger partial charge on any atom is -0.481 e. The van der Waals surface area contributed by atoms with Crippen molar-refractivity contribution in [2.24, 2.45) is 4.99 Å². The lowest BCUT2D eigenvalue weighted by Gasteiger charge is -2.18. The van der Waals surface area contributed by atoms with Crippen LogP contribution in [0.25, 0.3) is 0 Å². The molecule has 39 heavy (non-hydrogen) atoms. The van der Waals surface area contributed by atoms with Gasteiger partial charge in [-0.3, -0.25) is 14.5 Å². The SMILES string of the molecule is O=C(O)CC(c1cc(F)cc(F)c1)c1cccc(NS(=O)(=O)c2cccc(NC=NCc3ccccc3)c2)c1. The second kappa shape index (κ2) is 12.3. The Hall–Kier alpha value is -4.57. The highest BCUT2D eigenvalue weighted by atomic mass is 32.2. The maximum Gasteiger partial charge on any atom is 0.304 e. The maximum absolute atomic E-state index is 13.8. The number of hydrogen-bond acceptors (Lipinski definition) is 4. The largest absolute Gasteiger partial charge is 0.481 e. The van der Waals surface area contributed by atoms with Crippen molar-refractivity contribution in [1.82, 2.24) is 0 Å². The van der Waals surface area contributed by atoms with Crippen LogP contribution < -0.4 is 10.0 Å². The molecule has 4 rings (SSSR count). The van der Waals surface area contributed by atoms with Crippen molar-refractivity contribution in [2.75, 3.05) is 10.0 Å². The number of aliphatic carboxylic acids is 1. The van der Waals surface area contributed by atoms with Gasteiger partial charge >= 0.3 is 5.97 Å². The summed E-state index contributed by atoms with van der Waals surface area (Å²) in [7, 11) is -4.02. The Morgan fingerprint density at radius 1 is 0.846 bits per heavy atom. The molecule has 0 aliphatic heterocycles. The zero-order valence-electron chi connectivity index (χ0n) is 20.6. The molecule has 0 fully saturated rings. The van der Waals surface area contributed by atoms with E-state index in [0.717, 1.165) is 17.7 Å². The molecule has 200 valence electrons. The van der Waals surface area contributed by atoms with E-state index in [4.69, 9.17) is 0 Å². The van der Waals surface area contributed by atoms with E-state index in [1.165, 1.54) is 30.6 Å². The molecule has 0 spiro atoms. The van der Waals surface area contributed by atoms with E-state index in [-0.39, 0.29) is 16.1 Å². The first-order chi connectivity index (χ1) is 18.7. The van der Waals surface area contributed by atoms with E-state index < -0.39 is 40.0 Å². The zero-order chi connectivity index (χ0) is 27.8. The third kappa shape index (κ3) is 7.71. The molecule has 0 saturated heterocycles. The molecule has 4 aromatic carbocycles. The van der Waals surface area contributed by atoms with E-state index >= 15 is 0 Å². The smallest absolute Gasteiger partial charge is 0.304 e. The third-order valence-electron chi connectivity index (χ3n) is 5.79. The summed E-state index contributed by atoms with van der Waals surface area (Å²) in [6.07, 6.45) is 1.05. The predicted octanol–water partition coefficient (Wildman–Crippen LogP) is 6.01. The number of anilines is 2. The summed E-state index contributed by atoms with van der Waals surface area (Å²) in [6, 6.07) is 24.7. The molecule has 0 heterocycles. The summed E-state index contributed by atoms with van der Waals surface area (Å²) in [5.41, 5.74) is 2.22. The van der Waals surface area contributed by atoms with Crippen molar-refractivity contribution >= 4 is 33.7 Å². The van der Waals surface area contributed by atoms with Crippen molar-refractivity contribution in [3.05, 3.63) is 125 Å². The van der Waals surface area contributed by atoms with Crippen LogP contribution in [-0.2, 0) is 21.4 Å². The van der Waals surface area contributed by atoms with Gasteiger partial charge in [-0.2, -0.15) is 0 Å². The molecular formula is C29H25F2N3O4S. The number of carboxylic acids is 1. The fourth-order valence-corrected chi connectivity index (χ4v) is 5.11. The molecule has 0 aliphatic rings. The van der Waals surface area contributed by atoms with E-state index in [9.17, 15) is 27.1 Å². The summed E-state index contributed by atoms with van der Waals surface area (Å²) in [4.78, 5) is 15.8. The van der Waals surface area contributed by atoms with Crippen LogP contribution in [0.3, 0.4) is 0 Å². The lowest BCUT2D eigenvalue weighted by Crippen LogP contribution is -2.14. The second-order valence-corrected chi connectivity index (χ2v) is 10.4. The van der Waals surface area contributed by atoms with Crippen LogP contribution in [0.5, 0.6) is 0 Å². The van der Waals surface area contributed by atoms with Gasteiger partial charge in [0.1, 0.15) is 11.6 Å². The number of carboxylic acid groups (broad SMARTS) is 1. The van der Waals surface area contributed by atoms with Gasteiger partial charge in [-0.1, -0.05) is 48.5 Å². The molecule has 0 aromatic heterocycles. The summed E-state index contributed by atoms with van der Waals surface area (Å²) in [5.74, 6) is -3.75. The number of halogens is 2. The van der Waals surface area contributed by atoms with Gasteiger partial charge in [-0.05, 0) is 59.2 Å². The van der Waals surface area contributed by atoms with Gasteiger partial charge in [0, 0.05) is 23.4 Å². The van der Waals surface area contributed by atoms with Gasteiger partial charge < -0.3 is 10.4 Å². The van der Waals surface area contributed by atoms with Crippen molar-refractivity contribution in [3.8, 4) is 0 Å². The Morgan fingerprint density at radius 3 is 2.26 bits per heavy atom. The fraction of sp³-hybridized carbons (Fsp3) is 0.103. The molecular weight excluding hydrogens is 524 g/mol. The predicted molar refractivity (Wildman–Crippen MR) is 146 cm³/mol. The van der Waals surface area contributed by atoms with Gasteiger partial charge in [0.25, 0.3) is 10.0 Å². The summed E-state index contributed by atoms with van der Waals surface area (Å²) >= 11 is 0. The number of nitrogens with one attached hydrogen (secondary N) is 2. The Bertz CT molecular complexity index is 1580. The number of aliphatic imine (C=N–C) groups is 1. The van der Waals surface area contributed by atoms with E-state index in [2.05, 4.69) is 15.0 Å². The Kier molecular flexibility index (Phi) is 8.67. The Balaban J connectivity index is 1.51. The maximum atomic E-state index is 13.8. The van der Waals surface area contributed by atoms with Crippen LogP contribution in [0.4, 0.5) is 20.2 Å². The van der Waals surface area contributed by atoms with Crippen molar-refractivity contribution < 1.29 is 27.1 Å². The number of nitrogens with zero attached hydrogens (tertiary/aromatic N) is 1. The number of benzene rings is 4. The van der Waals surface area contributed by atoms with Crippen LogP contribution in [0.1, 0.15) is 29.0 Å². The average Bonchev–Trinajstić information content (AvgIpc) is 2.90. The second-order valence-electron chi connectivity index (χ2n) is 8.71. The van der Waals surface area contributed by atoms with Gasteiger partial charge in [0.05, 0.1) is 24.2 Å². The van der Waals surface area contributed by atoms with Crippen molar-refractivity contribution in [2.45, 2.75) is 23.8 Å². The summed E-state index contributed by atoms with van der Waals surface area (Å²) in [6.45, 7) is 0.467. The molecule has 0 saturated carbocycles. The first kappa shape index (κ1) is 27.5. The van der Waals surface area contributed by atoms with Crippen LogP contribution >= 0.6 is 0 Å². The summed E-state index contributed by atoms with van der Waals surface area (Å²) in [5, 5.41) is 12.4. The molecule has 0 radical (unpaired) electrons. The van der Waals surface area contributed by atoms with Crippen molar-refractivity contribution in [1.29, 1.82) is 0 Å². The van der Waals surface area contributed by atoms with Gasteiger partial charge in [0.2, 0.25) is 0 Å². The molecule has 0 amide bonds. The van der Waals surface area contributed by atoms with Gasteiger partial charge in [-0.15, -0.1) is 0 Å². The molecule has 4 aromatic rings. The van der Waals surface area contributed by atoms with Crippen LogP contribution in [0, 0.1) is 11.6 Å². The normalized spacial score (nSPS) is 12.3. The quantitative estimate of drug-likeness (QED) is 0.157. The fourth-order valence-electron chi connectivity index (χ4n) is 4.02. The number of carbonyl (C=O) groups is 1. The Labute approximate surface area is 224 Å². The minimum absolute atomic E-state index is 0.0105. The van der Waals surface area contributed by atoms with Crippen LogP contribution in [-0.4, -0.2) is 25.8 Å². The third-order valence-corrected chi connectivity index (χ3v) is 7.17. The number of sulfonamides is 1. The van der Waals surface area contributed by atoms with Gasteiger partial charge in [-0.25, -0.2) is 17.2 Å². The van der Waals surface area contributed by atoms with Gasteiger partial charge in [0.15, 0.2) is 0 Å². The van der Waals surface area contributed by atoms with Crippen LogP contribution in [0.2, 0.25) is 0 Å². The lowest BCUT2D eigenvalue weighted by molar-refractivity contribution is -0.137. The molecule has 1 atom stereocenters. The number of hydrogen-bond donors (Lipinski definition) is 3. The highest BCUT2D eigenvalue weighted by Crippen LogP contribution is 2.31. The monoisotopic (exact) mass is 549 g/mol. The molecule has 0 bridgehead atoms. The van der Waals surface area contributed by atoms with E-state index in [1.807, 2.05) is 30.3 Å². The molecule has 7 nitrogen and oxygen atoms in total. The molecule has 1 unspecified atom stereocenters. The standard InChI is InChI=1S/C29H25F2N3O4S/c30-23-12-22(13-24(31)15-23)28(17-29(35)36)21-8-4-10-26(14-21)34-39(37,38)27-11-5-9-25(16-27)33-19-32-18-20-6-2-1-3-7-20/h1-16,19,28,34H,17-18H2,(H,32,33)(H,35,36).